The Hall–Kier alpha value is -2.39. The van der Waals surface area contributed by atoms with Crippen LogP contribution in [0, 0.1) is 23.5 Å². The number of carbonyl (C=O) groups is 1. The van der Waals surface area contributed by atoms with Crippen molar-refractivity contribution in [3.63, 3.8) is 0 Å². The topological polar surface area (TPSA) is 96.0 Å². The molecule has 37 heavy (non-hydrogen) atoms. The van der Waals surface area contributed by atoms with Crippen LogP contribution in [0.2, 0.25) is 0 Å². The summed E-state index contributed by atoms with van der Waals surface area (Å²) in [6, 6.07) is 10.7. The van der Waals surface area contributed by atoms with Crippen LogP contribution in [0.5, 0.6) is 0 Å². The first kappa shape index (κ1) is 27.6. The van der Waals surface area contributed by atoms with Gasteiger partial charge in [0.05, 0.1) is 11.7 Å². The fourth-order valence-corrected chi connectivity index (χ4v) is 6.05. The molecular weight excluding hydrogens is 478 g/mol. The van der Waals surface area contributed by atoms with E-state index in [9.17, 15) is 23.8 Å². The summed E-state index contributed by atoms with van der Waals surface area (Å²) < 4.78 is 33.0. The number of likely N-dealkylation sites (tertiary alicyclic amines) is 1. The molecule has 0 radical (unpaired) electrons. The van der Waals surface area contributed by atoms with Gasteiger partial charge in [-0.25, -0.2) is 8.78 Å². The van der Waals surface area contributed by atoms with Gasteiger partial charge in [0.1, 0.15) is 0 Å². The van der Waals surface area contributed by atoms with E-state index >= 15 is 0 Å². The van der Waals surface area contributed by atoms with E-state index in [-0.39, 0.29) is 17.7 Å². The van der Waals surface area contributed by atoms with Crippen molar-refractivity contribution in [1.29, 1.82) is 0 Å². The summed E-state index contributed by atoms with van der Waals surface area (Å²) in [5.74, 6) is -2.45. The molecule has 4 rings (SSSR count). The van der Waals surface area contributed by atoms with Crippen LogP contribution in [0.1, 0.15) is 50.5 Å². The molecule has 6 nitrogen and oxygen atoms in total. The van der Waals surface area contributed by atoms with Gasteiger partial charge < -0.3 is 25.6 Å². The maximum Gasteiger partial charge on any atom is 0.225 e. The lowest BCUT2D eigenvalue weighted by atomic mass is 9.72. The zero-order valence-electron chi connectivity index (χ0n) is 21.4. The molecule has 2 fully saturated rings. The van der Waals surface area contributed by atoms with Gasteiger partial charge in [0.2, 0.25) is 5.91 Å². The van der Waals surface area contributed by atoms with Crippen LogP contribution in [-0.4, -0.2) is 60.0 Å². The van der Waals surface area contributed by atoms with Crippen molar-refractivity contribution >= 4 is 5.91 Å². The van der Waals surface area contributed by atoms with Gasteiger partial charge in [-0.3, -0.25) is 4.79 Å². The Bertz CT molecular complexity index is 1070. The Morgan fingerprint density at radius 2 is 1.95 bits per heavy atom. The van der Waals surface area contributed by atoms with Crippen molar-refractivity contribution < 1.29 is 28.5 Å². The van der Waals surface area contributed by atoms with Crippen LogP contribution in [0.25, 0.3) is 11.1 Å². The number of piperidine rings is 1. The monoisotopic (exact) mass is 516 g/mol. The van der Waals surface area contributed by atoms with Crippen LogP contribution < -0.4 is 5.73 Å². The minimum Gasteiger partial charge on any atom is -0.391 e. The molecule has 5 atom stereocenters. The minimum absolute atomic E-state index is 0.0210. The number of hydrogen-bond donors (Lipinski definition) is 3. The Balaban J connectivity index is 1.65. The molecule has 2 aliphatic rings. The van der Waals surface area contributed by atoms with Gasteiger partial charge in [-0.1, -0.05) is 30.3 Å². The van der Waals surface area contributed by atoms with Crippen molar-refractivity contribution in [3.8, 4) is 11.1 Å². The summed E-state index contributed by atoms with van der Waals surface area (Å²) in [7, 11) is 1.64. The number of aliphatic hydroxyl groups excluding tert-OH is 1. The summed E-state index contributed by atoms with van der Waals surface area (Å²) in [6.07, 6.45) is 3.52. The molecule has 4 N–H and O–H groups in total. The number of benzene rings is 2. The third kappa shape index (κ3) is 6.03. The third-order valence-electron chi connectivity index (χ3n) is 8.12. The van der Waals surface area contributed by atoms with E-state index in [0.717, 1.165) is 31.4 Å². The molecule has 202 valence electrons. The molecule has 1 aliphatic carbocycles. The quantitative estimate of drug-likeness (QED) is 0.439. The zero-order chi connectivity index (χ0) is 26.6. The molecule has 1 saturated carbocycles. The number of hydrogen-bond acceptors (Lipinski definition) is 5. The van der Waals surface area contributed by atoms with Crippen molar-refractivity contribution in [2.75, 3.05) is 26.8 Å². The molecule has 0 bridgehead atoms. The lowest BCUT2D eigenvalue weighted by Gasteiger charge is -2.44. The van der Waals surface area contributed by atoms with Gasteiger partial charge in [-0.05, 0) is 73.8 Å². The predicted octanol–water partition coefficient (Wildman–Crippen LogP) is 3.97. The molecule has 0 unspecified atom stereocenters. The van der Waals surface area contributed by atoms with Gasteiger partial charge >= 0.3 is 0 Å². The number of unbranched alkanes of at least 4 members (excludes halogenated alkanes) is 1. The number of halogens is 2. The van der Waals surface area contributed by atoms with Crippen LogP contribution in [0.15, 0.2) is 42.5 Å². The second-order valence-electron chi connectivity index (χ2n) is 10.6. The van der Waals surface area contributed by atoms with Gasteiger partial charge in [0, 0.05) is 44.7 Å². The van der Waals surface area contributed by atoms with Gasteiger partial charge in [0.25, 0.3) is 0 Å². The number of rotatable bonds is 9. The maximum atomic E-state index is 14.2. The van der Waals surface area contributed by atoms with E-state index < -0.39 is 29.4 Å². The van der Waals surface area contributed by atoms with Crippen molar-refractivity contribution in [2.45, 2.75) is 62.7 Å². The Labute approximate surface area is 217 Å². The normalized spacial score (nSPS) is 25.7. The number of carbonyl (C=O) groups excluding carboxylic acids is 1. The van der Waals surface area contributed by atoms with Crippen LogP contribution in [0.3, 0.4) is 0 Å². The fraction of sp³-hybridized carbons (Fsp3) is 0.552. The molecule has 1 aliphatic heterocycles. The van der Waals surface area contributed by atoms with Crippen LogP contribution >= 0.6 is 0 Å². The molecule has 0 spiro atoms. The summed E-state index contributed by atoms with van der Waals surface area (Å²) in [6.45, 7) is 1.55. The number of amides is 1. The second-order valence-corrected chi connectivity index (χ2v) is 10.6. The van der Waals surface area contributed by atoms with Crippen molar-refractivity contribution in [1.82, 2.24) is 4.90 Å². The zero-order valence-corrected chi connectivity index (χ0v) is 21.4. The lowest BCUT2D eigenvalue weighted by molar-refractivity contribution is -0.141. The highest BCUT2D eigenvalue weighted by Crippen LogP contribution is 2.44. The van der Waals surface area contributed by atoms with E-state index in [4.69, 9.17) is 10.5 Å². The Morgan fingerprint density at radius 1 is 1.16 bits per heavy atom. The molecule has 1 saturated heterocycles. The SMILES string of the molecule is COCCCC[C@@](O)(c1ccccc1-c1ccc(F)c(F)c1)[C@@H]1CCCN(C(=O)[C@H]2C[C@@H](N)[C@@H](O)C2)C1. The molecule has 8 heteroatoms. The van der Waals surface area contributed by atoms with Crippen molar-refractivity contribution in [2.24, 2.45) is 17.6 Å². The van der Waals surface area contributed by atoms with Crippen LogP contribution in [-0.2, 0) is 15.1 Å². The Kier molecular flexibility index (Phi) is 8.95. The number of aliphatic hydroxyl groups is 2. The highest BCUT2D eigenvalue weighted by molar-refractivity contribution is 5.79. The smallest absolute Gasteiger partial charge is 0.225 e. The van der Waals surface area contributed by atoms with E-state index in [1.54, 1.807) is 7.11 Å². The maximum absolute atomic E-state index is 14.2. The first-order valence-electron chi connectivity index (χ1n) is 13.2. The summed E-state index contributed by atoms with van der Waals surface area (Å²) in [4.78, 5) is 15.2. The summed E-state index contributed by atoms with van der Waals surface area (Å²) >= 11 is 0. The predicted molar refractivity (Wildman–Crippen MR) is 137 cm³/mol. The first-order chi connectivity index (χ1) is 17.7. The largest absolute Gasteiger partial charge is 0.391 e. The molecule has 0 aromatic heterocycles. The highest BCUT2D eigenvalue weighted by Gasteiger charge is 2.44. The highest BCUT2D eigenvalue weighted by atomic mass is 19.2. The summed E-state index contributed by atoms with van der Waals surface area (Å²) in [5.41, 5.74) is 6.45. The fourth-order valence-electron chi connectivity index (χ4n) is 6.05. The lowest BCUT2D eigenvalue weighted by Crippen LogP contribution is -2.49. The van der Waals surface area contributed by atoms with Crippen molar-refractivity contribution in [3.05, 3.63) is 59.7 Å². The second kappa shape index (κ2) is 12.0. The van der Waals surface area contributed by atoms with E-state index in [0.29, 0.717) is 62.1 Å². The first-order valence-corrected chi connectivity index (χ1v) is 13.2. The number of ether oxygens (including phenoxy) is 1. The standard InChI is InChI=1S/C29H38F2N2O4/c1-37-14-5-4-12-29(36,23-9-3-2-8-22(23)19-10-11-24(30)25(31)15-19)21-7-6-13-33(18-21)28(35)20-16-26(32)27(34)17-20/h2-3,8-11,15,20-21,26-27,34,36H,4-7,12-14,16-18,32H2,1H3/t20-,21+,26+,27-,29-/m0/s1. The van der Waals surface area contributed by atoms with Gasteiger partial charge in [0.15, 0.2) is 11.6 Å². The van der Waals surface area contributed by atoms with E-state index in [1.807, 2.05) is 29.2 Å². The van der Waals surface area contributed by atoms with Crippen LogP contribution in [0.4, 0.5) is 8.78 Å². The average Bonchev–Trinajstić information content (AvgIpc) is 3.25. The summed E-state index contributed by atoms with van der Waals surface area (Å²) in [5, 5.41) is 22.5. The number of nitrogens with two attached hydrogens (primary N) is 1. The van der Waals surface area contributed by atoms with E-state index in [1.165, 1.54) is 6.07 Å². The molecule has 1 heterocycles. The molecular formula is C29H38F2N2O4. The number of methoxy groups -OCH3 is 1. The Morgan fingerprint density at radius 3 is 2.65 bits per heavy atom. The molecule has 2 aromatic rings. The molecule has 2 aromatic carbocycles. The number of nitrogens with zero attached hydrogens (tertiary/aromatic N) is 1. The van der Waals surface area contributed by atoms with Gasteiger partial charge in [-0.15, -0.1) is 0 Å². The molecule has 1 amide bonds. The third-order valence-corrected chi connectivity index (χ3v) is 8.12. The minimum atomic E-state index is -1.29. The van der Waals surface area contributed by atoms with E-state index in [2.05, 4.69) is 0 Å². The van der Waals surface area contributed by atoms with Gasteiger partial charge in [-0.2, -0.15) is 0 Å². The average molecular weight is 517 g/mol.